The molecule has 8 heteroatoms. The van der Waals surface area contributed by atoms with E-state index in [0.29, 0.717) is 27.4 Å². The number of anilines is 1. The van der Waals surface area contributed by atoms with Gasteiger partial charge in [0.05, 0.1) is 11.8 Å². The van der Waals surface area contributed by atoms with Gasteiger partial charge in [0.1, 0.15) is 17.4 Å². The molecule has 1 aliphatic rings. The predicted molar refractivity (Wildman–Crippen MR) is 118 cm³/mol. The number of amides is 1. The van der Waals surface area contributed by atoms with Crippen LogP contribution < -0.4 is 4.90 Å². The second-order valence-electron chi connectivity index (χ2n) is 6.96. The summed E-state index contributed by atoms with van der Waals surface area (Å²) < 4.78 is 12.1. The number of carbonyl (C=O) groups is 2. The molecule has 1 N–H and O–H groups in total. The highest BCUT2D eigenvalue weighted by Gasteiger charge is 2.46. The monoisotopic (exact) mass is 497 g/mol. The molecule has 1 atom stereocenters. The molecule has 0 saturated carbocycles. The highest BCUT2D eigenvalue weighted by Crippen LogP contribution is 2.43. The molecule has 6 nitrogen and oxygen atoms in total. The Labute approximate surface area is 189 Å². The molecule has 1 unspecified atom stereocenters. The molecule has 0 saturated heterocycles. The van der Waals surface area contributed by atoms with Crippen LogP contribution in [0.25, 0.3) is 11.0 Å². The van der Waals surface area contributed by atoms with Crippen molar-refractivity contribution in [1.82, 2.24) is 0 Å². The van der Waals surface area contributed by atoms with Crippen LogP contribution in [0.15, 0.2) is 91.6 Å². The molecule has 1 amide bonds. The van der Waals surface area contributed by atoms with Gasteiger partial charge in [-0.05, 0) is 54.6 Å². The first-order valence-electron chi connectivity index (χ1n) is 9.23. The quantitative estimate of drug-likeness (QED) is 0.337. The smallest absolute Gasteiger partial charge is 0.294 e. The van der Waals surface area contributed by atoms with Gasteiger partial charge in [0.25, 0.3) is 5.91 Å². The molecule has 0 radical (unpaired) electrons. The fourth-order valence-corrected chi connectivity index (χ4v) is 4.27. The van der Waals surface area contributed by atoms with Crippen molar-refractivity contribution in [3.63, 3.8) is 0 Å². The second-order valence-corrected chi connectivity index (χ2v) is 8.31. The van der Waals surface area contributed by atoms with Crippen molar-refractivity contribution in [1.29, 1.82) is 0 Å². The molecular formula is C23H13BrClNO5. The van der Waals surface area contributed by atoms with E-state index in [0.717, 1.165) is 4.47 Å². The number of Topliss-reactive ketones (excluding diaryl/α,β-unsaturated/α-hetero) is 1. The van der Waals surface area contributed by atoms with Gasteiger partial charge in [-0.2, -0.15) is 0 Å². The number of nitrogens with zero attached hydrogens (tertiary/aromatic N) is 1. The average Bonchev–Trinajstić information content (AvgIpc) is 3.46. The topological polar surface area (TPSA) is 83.9 Å². The van der Waals surface area contributed by atoms with E-state index in [4.69, 9.17) is 20.4 Å². The van der Waals surface area contributed by atoms with Crippen LogP contribution in [0.3, 0.4) is 0 Å². The van der Waals surface area contributed by atoms with Gasteiger partial charge in [-0.1, -0.05) is 33.6 Å². The normalized spacial score (nSPS) is 16.5. The average molecular weight is 499 g/mol. The highest BCUT2D eigenvalue weighted by molar-refractivity contribution is 9.10. The van der Waals surface area contributed by atoms with E-state index < -0.39 is 23.5 Å². The zero-order chi connectivity index (χ0) is 21.7. The van der Waals surface area contributed by atoms with Crippen LogP contribution in [-0.2, 0) is 4.79 Å². The van der Waals surface area contributed by atoms with Gasteiger partial charge in [-0.15, -0.1) is 0 Å². The number of ketones is 1. The van der Waals surface area contributed by atoms with E-state index in [-0.39, 0.29) is 11.3 Å². The van der Waals surface area contributed by atoms with E-state index >= 15 is 0 Å². The summed E-state index contributed by atoms with van der Waals surface area (Å²) in [5.41, 5.74) is 0.803. The number of aliphatic hydroxyl groups excluding tert-OH is 1. The van der Waals surface area contributed by atoms with Crippen molar-refractivity contribution < 1.29 is 23.5 Å². The standard InChI is InChI=1S/C23H13BrClNO5/c24-13-6-7-16-12(9-13)10-18(31-16)21(27)19-20(17-5-2-8-30-17)26(23(29)22(19)28)15-4-1-3-14(25)11-15/h1-11,20,28H. The molecule has 0 bridgehead atoms. The molecule has 154 valence electrons. The molecule has 1 aliphatic heterocycles. The Kier molecular flexibility index (Phi) is 4.72. The van der Waals surface area contributed by atoms with Gasteiger partial charge in [-0.25, -0.2) is 0 Å². The number of aliphatic hydroxyl groups is 1. The number of furan rings is 2. The summed E-state index contributed by atoms with van der Waals surface area (Å²) in [5, 5.41) is 11.8. The second kappa shape index (κ2) is 7.44. The van der Waals surface area contributed by atoms with E-state index in [1.165, 1.54) is 11.2 Å². The molecule has 5 rings (SSSR count). The molecule has 31 heavy (non-hydrogen) atoms. The summed E-state index contributed by atoms with van der Waals surface area (Å²) in [5.74, 6) is -1.67. The summed E-state index contributed by atoms with van der Waals surface area (Å²) in [6, 6.07) is 15.8. The minimum absolute atomic E-state index is 0.00644. The first kappa shape index (κ1) is 19.7. The highest BCUT2D eigenvalue weighted by atomic mass is 79.9. The van der Waals surface area contributed by atoms with Gasteiger partial charge in [0.2, 0.25) is 5.78 Å². The predicted octanol–water partition coefficient (Wildman–Crippen LogP) is 6.22. The molecule has 0 aliphatic carbocycles. The van der Waals surface area contributed by atoms with Gasteiger partial charge in [0, 0.05) is 20.6 Å². The number of rotatable bonds is 4. The minimum atomic E-state index is -0.978. The lowest BCUT2D eigenvalue weighted by molar-refractivity contribution is -0.117. The van der Waals surface area contributed by atoms with Crippen LogP contribution >= 0.6 is 27.5 Å². The van der Waals surface area contributed by atoms with Gasteiger partial charge in [0.15, 0.2) is 11.5 Å². The van der Waals surface area contributed by atoms with E-state index in [2.05, 4.69) is 15.9 Å². The maximum Gasteiger partial charge on any atom is 0.294 e. The van der Waals surface area contributed by atoms with Gasteiger partial charge in [-0.3, -0.25) is 14.5 Å². The number of halogens is 2. The van der Waals surface area contributed by atoms with Crippen LogP contribution in [0.1, 0.15) is 22.4 Å². The number of hydrogen-bond acceptors (Lipinski definition) is 5. The Morgan fingerprint density at radius 2 is 1.94 bits per heavy atom. The van der Waals surface area contributed by atoms with E-state index in [9.17, 15) is 14.7 Å². The van der Waals surface area contributed by atoms with Crippen LogP contribution in [0.2, 0.25) is 5.02 Å². The van der Waals surface area contributed by atoms with Crippen molar-refractivity contribution >= 4 is 55.9 Å². The fraction of sp³-hybridized carbons (Fsp3) is 0.0435. The summed E-state index contributed by atoms with van der Waals surface area (Å²) in [6.45, 7) is 0. The summed E-state index contributed by atoms with van der Waals surface area (Å²) in [7, 11) is 0. The molecule has 3 heterocycles. The Bertz CT molecular complexity index is 1370. The zero-order valence-corrected chi connectivity index (χ0v) is 18.1. The van der Waals surface area contributed by atoms with Crippen LogP contribution in [0, 0.1) is 0 Å². The lowest BCUT2D eigenvalue weighted by Gasteiger charge is -2.24. The van der Waals surface area contributed by atoms with Crippen LogP contribution in [0.5, 0.6) is 0 Å². The number of fused-ring (bicyclic) bond motifs is 1. The van der Waals surface area contributed by atoms with Gasteiger partial charge >= 0.3 is 0 Å². The third-order valence-corrected chi connectivity index (χ3v) is 5.78. The molecule has 0 spiro atoms. The summed E-state index contributed by atoms with van der Waals surface area (Å²) in [4.78, 5) is 27.8. The molecule has 0 fully saturated rings. The molecule has 2 aromatic carbocycles. The third kappa shape index (κ3) is 3.26. The van der Waals surface area contributed by atoms with Crippen molar-refractivity contribution in [3.8, 4) is 0 Å². The number of benzene rings is 2. The van der Waals surface area contributed by atoms with Gasteiger partial charge < -0.3 is 13.9 Å². The van der Waals surface area contributed by atoms with Crippen LogP contribution in [-0.4, -0.2) is 16.8 Å². The van der Waals surface area contributed by atoms with E-state index in [1.807, 2.05) is 6.07 Å². The summed E-state index contributed by atoms with van der Waals surface area (Å²) >= 11 is 9.50. The maximum atomic E-state index is 13.4. The lowest BCUT2D eigenvalue weighted by atomic mass is 9.99. The third-order valence-electron chi connectivity index (χ3n) is 5.05. The van der Waals surface area contributed by atoms with Crippen molar-refractivity contribution in [2.75, 3.05) is 4.90 Å². The largest absolute Gasteiger partial charge is 0.503 e. The Balaban J connectivity index is 1.64. The van der Waals surface area contributed by atoms with Crippen molar-refractivity contribution in [2.45, 2.75) is 6.04 Å². The SMILES string of the molecule is O=C(C1=C(O)C(=O)N(c2cccc(Cl)c2)C1c1ccco1)c1cc2cc(Br)ccc2o1. The zero-order valence-electron chi connectivity index (χ0n) is 15.7. The Morgan fingerprint density at radius 3 is 2.68 bits per heavy atom. The Hall–Kier alpha value is -3.29. The molecule has 4 aromatic rings. The minimum Gasteiger partial charge on any atom is -0.503 e. The molecular weight excluding hydrogens is 486 g/mol. The fourth-order valence-electron chi connectivity index (χ4n) is 3.70. The molecule has 2 aromatic heterocycles. The Morgan fingerprint density at radius 1 is 1.10 bits per heavy atom. The van der Waals surface area contributed by atoms with Crippen LogP contribution in [0.4, 0.5) is 5.69 Å². The number of carbonyl (C=O) groups excluding carboxylic acids is 2. The maximum absolute atomic E-state index is 13.4. The van der Waals surface area contributed by atoms with Crippen molar-refractivity contribution in [3.05, 3.63) is 99.3 Å². The summed E-state index contributed by atoms with van der Waals surface area (Å²) in [6.07, 6.45) is 1.44. The lowest BCUT2D eigenvalue weighted by Crippen LogP contribution is -2.30. The van der Waals surface area contributed by atoms with Crippen molar-refractivity contribution in [2.24, 2.45) is 0 Å². The first-order chi connectivity index (χ1) is 14.9. The first-order valence-corrected chi connectivity index (χ1v) is 10.4. The number of hydrogen-bond donors (Lipinski definition) is 1. The van der Waals surface area contributed by atoms with E-state index in [1.54, 1.807) is 54.6 Å².